The van der Waals surface area contributed by atoms with Crippen molar-refractivity contribution in [2.75, 3.05) is 26.3 Å². The Morgan fingerprint density at radius 2 is 1.90 bits per heavy atom. The Balaban J connectivity index is 0.000000222. The van der Waals surface area contributed by atoms with Crippen LogP contribution in [0.2, 0.25) is 0 Å². The molecule has 0 amide bonds. The van der Waals surface area contributed by atoms with E-state index in [4.69, 9.17) is 9.84 Å². The third-order valence-electron chi connectivity index (χ3n) is 4.18. The molecule has 0 radical (unpaired) electrons. The molecule has 0 aromatic heterocycles. The summed E-state index contributed by atoms with van der Waals surface area (Å²) in [4.78, 5) is 12.4. The summed E-state index contributed by atoms with van der Waals surface area (Å²) in [6, 6.07) is 0.629. The highest BCUT2D eigenvalue weighted by atomic mass is 16.5. The summed E-state index contributed by atoms with van der Waals surface area (Å²) >= 11 is 0. The van der Waals surface area contributed by atoms with Gasteiger partial charge in [0.15, 0.2) is 0 Å². The van der Waals surface area contributed by atoms with Gasteiger partial charge in [-0.1, -0.05) is 26.2 Å². The second-order valence-electron chi connectivity index (χ2n) is 5.97. The van der Waals surface area contributed by atoms with Crippen molar-refractivity contribution in [3.8, 4) is 0 Å². The summed E-state index contributed by atoms with van der Waals surface area (Å²) in [7, 11) is 0. The predicted molar refractivity (Wildman–Crippen MR) is 82.4 cm³/mol. The van der Waals surface area contributed by atoms with Crippen molar-refractivity contribution in [2.24, 2.45) is 0 Å². The number of aliphatic hydroxyl groups excluding tert-OH is 1. The summed E-state index contributed by atoms with van der Waals surface area (Å²) in [5.41, 5.74) is 0. The smallest absolute Gasteiger partial charge is 0.303 e. The molecule has 124 valence electrons. The lowest BCUT2D eigenvalue weighted by atomic mass is 10.2. The van der Waals surface area contributed by atoms with E-state index in [0.717, 1.165) is 58.4 Å². The maximum Gasteiger partial charge on any atom is 0.303 e. The molecule has 2 fully saturated rings. The highest BCUT2D eigenvalue weighted by Crippen LogP contribution is 2.24. The summed E-state index contributed by atoms with van der Waals surface area (Å²) in [6.45, 7) is 5.95. The third kappa shape index (κ3) is 8.39. The van der Waals surface area contributed by atoms with E-state index in [1.54, 1.807) is 0 Å². The highest BCUT2D eigenvalue weighted by Gasteiger charge is 2.28. The number of rotatable bonds is 6. The molecule has 2 aliphatic rings. The number of aliphatic hydroxyl groups is 1. The standard InChI is InChI=1S/C9H17NO2.C7H14O2/c11-9-2-1-8(7-9)10-3-5-12-6-4-10;1-2-3-4-5-6-7(8)9/h8-9,11H,1-7H2;2-6H2,1H3,(H,8,9)/t8-,9-;/m0./s1. The van der Waals surface area contributed by atoms with Crippen molar-refractivity contribution < 1.29 is 19.7 Å². The number of morpholine rings is 1. The van der Waals surface area contributed by atoms with Gasteiger partial charge in [0.05, 0.1) is 19.3 Å². The Hall–Kier alpha value is -0.650. The number of unbranched alkanes of at least 4 members (excludes halogenated alkanes) is 3. The van der Waals surface area contributed by atoms with Gasteiger partial charge in [0.25, 0.3) is 0 Å². The fraction of sp³-hybridized carbons (Fsp3) is 0.938. The lowest BCUT2D eigenvalue weighted by molar-refractivity contribution is -0.137. The molecule has 2 N–H and O–H groups in total. The molecular weight excluding hydrogens is 270 g/mol. The van der Waals surface area contributed by atoms with Gasteiger partial charge in [0, 0.05) is 25.6 Å². The van der Waals surface area contributed by atoms with E-state index >= 15 is 0 Å². The Bertz CT molecular complexity index is 277. The highest BCUT2D eigenvalue weighted by molar-refractivity contribution is 5.66. The van der Waals surface area contributed by atoms with Gasteiger partial charge in [0.2, 0.25) is 0 Å². The first kappa shape index (κ1) is 18.4. The summed E-state index contributed by atoms with van der Waals surface area (Å²) in [5, 5.41) is 17.6. The maximum atomic E-state index is 9.96. The molecular formula is C16H31NO4. The lowest BCUT2D eigenvalue weighted by Crippen LogP contribution is -2.42. The van der Waals surface area contributed by atoms with Gasteiger partial charge in [-0.05, 0) is 25.7 Å². The van der Waals surface area contributed by atoms with Gasteiger partial charge in [-0.25, -0.2) is 0 Å². The number of carboxylic acids is 1. The number of ether oxygens (including phenoxy) is 1. The SMILES string of the molecule is CCCCCCC(=O)O.O[C@H]1CC[C@H](N2CCOCC2)C1. The number of aliphatic carboxylic acids is 1. The van der Waals surface area contributed by atoms with E-state index in [1.807, 2.05) is 0 Å². The van der Waals surface area contributed by atoms with Gasteiger partial charge in [-0.3, -0.25) is 9.69 Å². The Morgan fingerprint density at radius 3 is 2.43 bits per heavy atom. The topological polar surface area (TPSA) is 70.0 Å². The fourth-order valence-corrected chi connectivity index (χ4v) is 2.91. The zero-order valence-corrected chi connectivity index (χ0v) is 13.3. The number of carboxylic acid groups (broad SMARTS) is 1. The van der Waals surface area contributed by atoms with E-state index in [9.17, 15) is 9.90 Å². The van der Waals surface area contributed by atoms with Crippen LogP contribution in [0, 0.1) is 0 Å². The van der Waals surface area contributed by atoms with Crippen LogP contribution < -0.4 is 0 Å². The first-order valence-corrected chi connectivity index (χ1v) is 8.35. The Morgan fingerprint density at radius 1 is 1.19 bits per heavy atom. The zero-order chi connectivity index (χ0) is 15.5. The van der Waals surface area contributed by atoms with Gasteiger partial charge >= 0.3 is 5.97 Å². The van der Waals surface area contributed by atoms with Crippen LogP contribution in [0.3, 0.4) is 0 Å². The second-order valence-corrected chi connectivity index (χ2v) is 5.97. The largest absolute Gasteiger partial charge is 0.481 e. The average molecular weight is 301 g/mol. The van der Waals surface area contributed by atoms with Crippen LogP contribution in [0.15, 0.2) is 0 Å². The minimum Gasteiger partial charge on any atom is -0.481 e. The molecule has 1 saturated heterocycles. The predicted octanol–water partition coefficient (Wildman–Crippen LogP) is 2.27. The van der Waals surface area contributed by atoms with Gasteiger partial charge < -0.3 is 14.9 Å². The molecule has 0 unspecified atom stereocenters. The van der Waals surface area contributed by atoms with Crippen LogP contribution in [0.4, 0.5) is 0 Å². The number of hydrogen-bond donors (Lipinski definition) is 2. The normalized spacial score (nSPS) is 26.2. The zero-order valence-electron chi connectivity index (χ0n) is 13.3. The van der Waals surface area contributed by atoms with E-state index in [0.29, 0.717) is 12.5 Å². The average Bonchev–Trinajstić information content (AvgIpc) is 2.92. The quantitative estimate of drug-likeness (QED) is 0.737. The van der Waals surface area contributed by atoms with Crippen molar-refractivity contribution in [2.45, 2.75) is 70.4 Å². The Kier molecular flexibility index (Phi) is 9.63. The van der Waals surface area contributed by atoms with Crippen molar-refractivity contribution >= 4 is 5.97 Å². The molecule has 5 heteroatoms. The van der Waals surface area contributed by atoms with Crippen molar-refractivity contribution in [3.05, 3.63) is 0 Å². The van der Waals surface area contributed by atoms with E-state index in [-0.39, 0.29) is 6.10 Å². The van der Waals surface area contributed by atoms with Crippen LogP contribution in [0.25, 0.3) is 0 Å². The molecule has 0 bridgehead atoms. The number of hydrogen-bond acceptors (Lipinski definition) is 4. The molecule has 0 spiro atoms. The van der Waals surface area contributed by atoms with Gasteiger partial charge in [-0.15, -0.1) is 0 Å². The molecule has 2 atom stereocenters. The van der Waals surface area contributed by atoms with E-state index in [1.165, 1.54) is 12.8 Å². The summed E-state index contributed by atoms with van der Waals surface area (Å²) < 4.78 is 5.28. The van der Waals surface area contributed by atoms with Crippen molar-refractivity contribution in [1.82, 2.24) is 4.90 Å². The summed E-state index contributed by atoms with van der Waals surface area (Å²) in [5.74, 6) is -0.675. The molecule has 1 heterocycles. The van der Waals surface area contributed by atoms with E-state index in [2.05, 4.69) is 11.8 Å². The third-order valence-corrected chi connectivity index (χ3v) is 4.18. The Labute approximate surface area is 128 Å². The minimum atomic E-state index is -0.675. The van der Waals surface area contributed by atoms with Crippen LogP contribution in [0.1, 0.15) is 58.3 Å². The first-order valence-electron chi connectivity index (χ1n) is 8.35. The maximum absolute atomic E-state index is 9.96. The molecule has 0 aromatic rings. The second kappa shape index (κ2) is 11.0. The van der Waals surface area contributed by atoms with Crippen molar-refractivity contribution in [1.29, 1.82) is 0 Å². The number of carbonyl (C=O) groups is 1. The molecule has 1 aliphatic carbocycles. The summed E-state index contributed by atoms with van der Waals surface area (Å²) in [6.07, 6.45) is 7.64. The first-order chi connectivity index (χ1) is 10.1. The molecule has 21 heavy (non-hydrogen) atoms. The molecule has 0 aromatic carbocycles. The van der Waals surface area contributed by atoms with E-state index < -0.39 is 5.97 Å². The fourth-order valence-electron chi connectivity index (χ4n) is 2.91. The molecule has 1 saturated carbocycles. The minimum absolute atomic E-state index is 0.0437. The van der Waals surface area contributed by atoms with Crippen LogP contribution in [0.5, 0.6) is 0 Å². The monoisotopic (exact) mass is 301 g/mol. The van der Waals surface area contributed by atoms with Crippen LogP contribution in [-0.4, -0.2) is 59.5 Å². The molecule has 1 aliphatic heterocycles. The number of nitrogens with zero attached hydrogens (tertiary/aromatic N) is 1. The van der Waals surface area contributed by atoms with Crippen molar-refractivity contribution in [3.63, 3.8) is 0 Å². The molecule has 2 rings (SSSR count). The van der Waals surface area contributed by atoms with Gasteiger partial charge in [-0.2, -0.15) is 0 Å². The van der Waals surface area contributed by atoms with Crippen LogP contribution in [-0.2, 0) is 9.53 Å². The lowest BCUT2D eigenvalue weighted by Gasteiger charge is -2.31. The van der Waals surface area contributed by atoms with Crippen LogP contribution >= 0.6 is 0 Å². The molecule has 5 nitrogen and oxygen atoms in total. The van der Waals surface area contributed by atoms with Gasteiger partial charge in [0.1, 0.15) is 0 Å².